The lowest BCUT2D eigenvalue weighted by Gasteiger charge is -2.20. The number of aromatic nitrogens is 2. The summed E-state index contributed by atoms with van der Waals surface area (Å²) in [6.07, 6.45) is 0. The van der Waals surface area contributed by atoms with E-state index in [0.717, 1.165) is 29.8 Å². The fourth-order valence-corrected chi connectivity index (χ4v) is 2.38. The third-order valence-corrected chi connectivity index (χ3v) is 3.32. The van der Waals surface area contributed by atoms with Crippen LogP contribution in [0, 0.1) is 0 Å². The molecule has 0 aliphatic heterocycles. The highest BCUT2D eigenvalue weighted by Crippen LogP contribution is 2.29. The predicted octanol–water partition coefficient (Wildman–Crippen LogP) is 3.14. The minimum Gasteiger partial charge on any atom is -0.381 e. The zero-order valence-corrected chi connectivity index (χ0v) is 12.3. The predicted molar refractivity (Wildman–Crippen MR) is 78.7 cm³/mol. The average molecular weight is 285 g/mol. The first-order valence-electron chi connectivity index (χ1n) is 5.87. The summed E-state index contributed by atoms with van der Waals surface area (Å²) in [6, 6.07) is 3.74. The Hall–Kier alpha value is -0.910. The second-order valence-electron chi connectivity index (χ2n) is 5.16. The van der Waals surface area contributed by atoms with Gasteiger partial charge in [0, 0.05) is 18.6 Å². The number of nitrogens with zero attached hydrogens (tertiary/aromatic N) is 2. The minimum atomic E-state index is 0.125. The molecule has 0 atom stereocenters. The molecule has 0 unspecified atom stereocenters. The summed E-state index contributed by atoms with van der Waals surface area (Å²) in [5.41, 5.74) is 2.73. The van der Waals surface area contributed by atoms with Crippen LogP contribution >= 0.6 is 23.3 Å². The van der Waals surface area contributed by atoms with E-state index in [0.29, 0.717) is 5.02 Å². The van der Waals surface area contributed by atoms with E-state index in [1.807, 2.05) is 12.1 Å². The Morgan fingerprint density at radius 2 is 2.00 bits per heavy atom. The largest absolute Gasteiger partial charge is 0.381 e. The Balaban J connectivity index is 2.03. The Morgan fingerprint density at radius 1 is 1.22 bits per heavy atom. The molecule has 6 heteroatoms. The summed E-state index contributed by atoms with van der Waals surface area (Å²) in [7, 11) is 0. The van der Waals surface area contributed by atoms with Crippen molar-refractivity contribution in [1.29, 1.82) is 0 Å². The van der Waals surface area contributed by atoms with E-state index in [1.165, 1.54) is 11.7 Å². The van der Waals surface area contributed by atoms with Gasteiger partial charge in [-0.1, -0.05) is 11.6 Å². The first-order chi connectivity index (χ1) is 8.47. The number of halogens is 1. The number of fused-ring (bicyclic) bond motifs is 1. The number of anilines is 1. The molecule has 0 saturated carbocycles. The molecule has 1 aromatic carbocycles. The summed E-state index contributed by atoms with van der Waals surface area (Å²) >= 11 is 7.39. The van der Waals surface area contributed by atoms with Gasteiger partial charge >= 0.3 is 0 Å². The average Bonchev–Trinajstić information content (AvgIpc) is 2.73. The van der Waals surface area contributed by atoms with Crippen molar-refractivity contribution in [2.45, 2.75) is 26.3 Å². The van der Waals surface area contributed by atoms with Gasteiger partial charge < -0.3 is 10.6 Å². The van der Waals surface area contributed by atoms with Crippen LogP contribution in [0.5, 0.6) is 0 Å². The van der Waals surface area contributed by atoms with Crippen LogP contribution in [0.2, 0.25) is 5.02 Å². The molecular formula is C12H17ClN4S. The molecule has 2 rings (SSSR count). The van der Waals surface area contributed by atoms with Gasteiger partial charge in [-0.15, -0.1) is 0 Å². The van der Waals surface area contributed by atoms with Crippen LogP contribution in [0.4, 0.5) is 5.69 Å². The molecule has 1 heterocycles. The Bertz CT molecular complexity index is 532. The van der Waals surface area contributed by atoms with Gasteiger partial charge in [0.15, 0.2) is 0 Å². The smallest absolute Gasteiger partial charge is 0.129 e. The molecule has 0 amide bonds. The lowest BCUT2D eigenvalue weighted by Crippen LogP contribution is -2.38. The monoisotopic (exact) mass is 284 g/mol. The second-order valence-corrected chi connectivity index (χ2v) is 6.09. The molecule has 0 aliphatic carbocycles. The molecule has 2 N–H and O–H groups in total. The van der Waals surface area contributed by atoms with Crippen molar-refractivity contribution >= 4 is 40.0 Å². The molecule has 18 heavy (non-hydrogen) atoms. The summed E-state index contributed by atoms with van der Waals surface area (Å²) in [6.45, 7) is 8.10. The third-order valence-electron chi connectivity index (χ3n) is 2.46. The molecule has 0 spiro atoms. The second kappa shape index (κ2) is 5.38. The van der Waals surface area contributed by atoms with E-state index >= 15 is 0 Å². The molecule has 0 bridgehead atoms. The number of nitrogens with one attached hydrogen (secondary N) is 2. The molecule has 0 saturated heterocycles. The zero-order chi connectivity index (χ0) is 13.2. The lowest BCUT2D eigenvalue weighted by atomic mass is 10.1. The van der Waals surface area contributed by atoms with Gasteiger partial charge in [-0.05, 0) is 32.9 Å². The topological polar surface area (TPSA) is 49.8 Å². The van der Waals surface area contributed by atoms with E-state index in [9.17, 15) is 0 Å². The van der Waals surface area contributed by atoms with Gasteiger partial charge in [-0.25, -0.2) is 0 Å². The van der Waals surface area contributed by atoms with Crippen molar-refractivity contribution in [3.8, 4) is 0 Å². The summed E-state index contributed by atoms with van der Waals surface area (Å²) in [4.78, 5) is 0. The molecule has 2 aromatic rings. The SMILES string of the molecule is CC(C)(C)NCCNc1c(Cl)ccc2nsnc12. The van der Waals surface area contributed by atoms with Gasteiger partial charge in [0.1, 0.15) is 11.0 Å². The van der Waals surface area contributed by atoms with Gasteiger partial charge in [-0.2, -0.15) is 8.75 Å². The van der Waals surface area contributed by atoms with Crippen molar-refractivity contribution in [2.75, 3.05) is 18.4 Å². The number of rotatable bonds is 4. The first kappa shape index (κ1) is 13.5. The first-order valence-corrected chi connectivity index (χ1v) is 6.98. The van der Waals surface area contributed by atoms with Crippen LogP contribution in [0.3, 0.4) is 0 Å². The van der Waals surface area contributed by atoms with E-state index in [1.54, 1.807) is 0 Å². The maximum atomic E-state index is 6.18. The van der Waals surface area contributed by atoms with Crippen molar-refractivity contribution in [3.05, 3.63) is 17.2 Å². The minimum absolute atomic E-state index is 0.125. The van der Waals surface area contributed by atoms with Crippen LogP contribution < -0.4 is 10.6 Å². The standard InChI is InChI=1S/C12H17ClN4S/c1-12(2,3)15-7-6-14-10-8(13)4-5-9-11(10)17-18-16-9/h4-5,14-15H,6-7H2,1-3H3. The van der Waals surface area contributed by atoms with Crippen LogP contribution in [0.25, 0.3) is 11.0 Å². The highest BCUT2D eigenvalue weighted by atomic mass is 35.5. The lowest BCUT2D eigenvalue weighted by molar-refractivity contribution is 0.435. The van der Waals surface area contributed by atoms with Crippen molar-refractivity contribution in [1.82, 2.24) is 14.1 Å². The van der Waals surface area contributed by atoms with Crippen molar-refractivity contribution in [3.63, 3.8) is 0 Å². The summed E-state index contributed by atoms with van der Waals surface area (Å²) in [5.74, 6) is 0. The van der Waals surface area contributed by atoms with E-state index in [-0.39, 0.29) is 5.54 Å². The van der Waals surface area contributed by atoms with E-state index < -0.39 is 0 Å². The molecule has 0 aliphatic rings. The van der Waals surface area contributed by atoms with Crippen LogP contribution in [0.1, 0.15) is 20.8 Å². The zero-order valence-electron chi connectivity index (χ0n) is 10.7. The third kappa shape index (κ3) is 3.31. The summed E-state index contributed by atoms with van der Waals surface area (Å²) < 4.78 is 8.47. The molecule has 1 aromatic heterocycles. The molecule has 4 nitrogen and oxygen atoms in total. The molecule has 0 radical (unpaired) electrons. The molecule has 0 fully saturated rings. The number of hydrogen-bond acceptors (Lipinski definition) is 5. The molecular weight excluding hydrogens is 268 g/mol. The highest BCUT2D eigenvalue weighted by Gasteiger charge is 2.10. The van der Waals surface area contributed by atoms with Crippen molar-refractivity contribution < 1.29 is 0 Å². The normalized spacial score (nSPS) is 12.0. The van der Waals surface area contributed by atoms with Gasteiger partial charge in [0.05, 0.1) is 22.4 Å². The van der Waals surface area contributed by atoms with Crippen molar-refractivity contribution in [2.24, 2.45) is 0 Å². The van der Waals surface area contributed by atoms with Gasteiger partial charge in [0.25, 0.3) is 0 Å². The van der Waals surface area contributed by atoms with E-state index in [4.69, 9.17) is 11.6 Å². The van der Waals surface area contributed by atoms with Crippen LogP contribution in [-0.4, -0.2) is 27.4 Å². The quantitative estimate of drug-likeness (QED) is 0.847. The summed E-state index contributed by atoms with van der Waals surface area (Å²) in [5, 5.41) is 7.42. The van der Waals surface area contributed by atoms with Gasteiger partial charge in [-0.3, -0.25) is 0 Å². The Labute approximate surface area is 116 Å². The Kier molecular flexibility index (Phi) is 4.04. The van der Waals surface area contributed by atoms with Crippen LogP contribution in [-0.2, 0) is 0 Å². The fourth-order valence-electron chi connectivity index (χ4n) is 1.62. The van der Waals surface area contributed by atoms with E-state index in [2.05, 4.69) is 40.2 Å². The fraction of sp³-hybridized carbons (Fsp3) is 0.500. The maximum Gasteiger partial charge on any atom is 0.129 e. The highest BCUT2D eigenvalue weighted by molar-refractivity contribution is 7.00. The Morgan fingerprint density at radius 3 is 2.72 bits per heavy atom. The number of benzene rings is 1. The van der Waals surface area contributed by atoms with Crippen LogP contribution in [0.15, 0.2) is 12.1 Å². The number of hydrogen-bond donors (Lipinski definition) is 2. The van der Waals surface area contributed by atoms with Gasteiger partial charge in [0.2, 0.25) is 0 Å². The molecule has 98 valence electrons. The maximum absolute atomic E-state index is 6.18.